The molecule has 124 valence electrons. The maximum absolute atomic E-state index is 12.8. The van der Waals surface area contributed by atoms with Crippen molar-refractivity contribution in [3.63, 3.8) is 0 Å². The molecule has 1 aliphatic rings. The van der Waals surface area contributed by atoms with Crippen LogP contribution in [0, 0.1) is 11.7 Å². The van der Waals surface area contributed by atoms with Crippen LogP contribution in [0.5, 0.6) is 0 Å². The predicted molar refractivity (Wildman–Crippen MR) is 91.9 cm³/mol. The summed E-state index contributed by atoms with van der Waals surface area (Å²) in [4.78, 5) is 13.1. The fourth-order valence-electron chi connectivity index (χ4n) is 2.61. The fourth-order valence-corrected chi connectivity index (χ4v) is 3.47. The Morgan fingerprint density at radius 1 is 1.32 bits per heavy atom. The first-order valence-corrected chi connectivity index (χ1v) is 8.55. The van der Waals surface area contributed by atoms with Crippen LogP contribution in [-0.4, -0.2) is 24.2 Å². The summed E-state index contributed by atoms with van der Waals surface area (Å²) in [5, 5.41) is 3.00. The largest absolute Gasteiger partial charge is 0.356 e. The molecule has 1 fully saturated rings. The number of hydrogen-bond acceptors (Lipinski definition) is 3. The molecule has 6 heteroatoms. The van der Waals surface area contributed by atoms with Gasteiger partial charge in [-0.15, -0.1) is 24.2 Å². The number of amides is 1. The second-order valence-electron chi connectivity index (χ2n) is 5.57. The van der Waals surface area contributed by atoms with E-state index in [0.717, 1.165) is 42.8 Å². The van der Waals surface area contributed by atoms with E-state index in [-0.39, 0.29) is 36.1 Å². The molecule has 1 aromatic carbocycles. The Bertz CT molecular complexity index is 458. The van der Waals surface area contributed by atoms with Gasteiger partial charge in [-0.05, 0) is 55.7 Å². The van der Waals surface area contributed by atoms with Crippen molar-refractivity contribution in [1.82, 2.24) is 5.32 Å². The molecule has 0 spiro atoms. The molecule has 2 unspecified atom stereocenters. The second kappa shape index (κ2) is 10.1. The summed E-state index contributed by atoms with van der Waals surface area (Å²) < 4.78 is 12.8. The number of carbonyl (C=O) groups is 1. The van der Waals surface area contributed by atoms with Gasteiger partial charge < -0.3 is 11.1 Å². The number of nitrogens with one attached hydrogen (secondary N) is 1. The number of nitrogens with two attached hydrogens (primary N) is 1. The highest BCUT2D eigenvalue weighted by Gasteiger charge is 2.24. The van der Waals surface area contributed by atoms with E-state index >= 15 is 0 Å². The van der Waals surface area contributed by atoms with Gasteiger partial charge in [-0.3, -0.25) is 4.79 Å². The molecule has 2 atom stereocenters. The van der Waals surface area contributed by atoms with E-state index in [1.165, 1.54) is 12.1 Å². The summed E-state index contributed by atoms with van der Waals surface area (Å²) in [6.45, 7) is 0.693. The monoisotopic (exact) mass is 346 g/mol. The van der Waals surface area contributed by atoms with Crippen molar-refractivity contribution in [3.05, 3.63) is 30.1 Å². The van der Waals surface area contributed by atoms with Crippen molar-refractivity contribution >= 4 is 30.1 Å². The lowest BCUT2D eigenvalue weighted by Gasteiger charge is -2.25. The number of thioether (sulfide) groups is 1. The Labute approximate surface area is 142 Å². The summed E-state index contributed by atoms with van der Waals surface area (Å²) in [6.07, 6.45) is 4.78. The molecule has 0 radical (unpaired) electrons. The average Bonchev–Trinajstić information content (AvgIpc) is 2.48. The van der Waals surface area contributed by atoms with E-state index in [4.69, 9.17) is 5.73 Å². The average molecular weight is 347 g/mol. The summed E-state index contributed by atoms with van der Waals surface area (Å²) in [6, 6.07) is 6.68. The van der Waals surface area contributed by atoms with E-state index in [1.807, 2.05) is 0 Å². The van der Waals surface area contributed by atoms with Gasteiger partial charge in [0.2, 0.25) is 5.91 Å². The van der Waals surface area contributed by atoms with Gasteiger partial charge >= 0.3 is 0 Å². The molecule has 3 nitrogen and oxygen atoms in total. The van der Waals surface area contributed by atoms with Crippen molar-refractivity contribution in [3.8, 4) is 0 Å². The van der Waals surface area contributed by atoms with E-state index in [2.05, 4.69) is 5.32 Å². The number of halogens is 2. The second-order valence-corrected chi connectivity index (χ2v) is 6.74. The molecule has 0 aliphatic heterocycles. The van der Waals surface area contributed by atoms with Gasteiger partial charge in [0, 0.05) is 23.4 Å². The molecule has 1 aromatic rings. The Morgan fingerprint density at radius 2 is 2.05 bits per heavy atom. The Kier molecular flexibility index (Phi) is 8.83. The molecule has 0 heterocycles. The molecule has 2 rings (SSSR count). The van der Waals surface area contributed by atoms with Crippen LogP contribution < -0.4 is 11.1 Å². The van der Waals surface area contributed by atoms with Crippen LogP contribution in [0.15, 0.2) is 29.2 Å². The zero-order chi connectivity index (χ0) is 15.1. The summed E-state index contributed by atoms with van der Waals surface area (Å²) in [5.41, 5.74) is 5.90. The van der Waals surface area contributed by atoms with Crippen LogP contribution in [0.3, 0.4) is 0 Å². The summed E-state index contributed by atoms with van der Waals surface area (Å²) in [5.74, 6) is 0.948. The van der Waals surface area contributed by atoms with Gasteiger partial charge in [-0.1, -0.05) is 6.42 Å². The minimum absolute atomic E-state index is 0. The van der Waals surface area contributed by atoms with Gasteiger partial charge in [0.15, 0.2) is 0 Å². The van der Waals surface area contributed by atoms with E-state index in [9.17, 15) is 9.18 Å². The first-order chi connectivity index (χ1) is 10.1. The highest BCUT2D eigenvalue weighted by molar-refractivity contribution is 7.99. The predicted octanol–water partition coefficient (Wildman–Crippen LogP) is 3.36. The number of benzene rings is 1. The lowest BCUT2D eigenvalue weighted by Crippen LogP contribution is -2.38. The van der Waals surface area contributed by atoms with Gasteiger partial charge in [-0.25, -0.2) is 4.39 Å². The Balaban J connectivity index is 0.00000242. The third-order valence-corrected chi connectivity index (χ3v) is 4.89. The Morgan fingerprint density at radius 3 is 2.73 bits per heavy atom. The molecular formula is C16H24ClFN2OS. The highest BCUT2D eigenvalue weighted by atomic mass is 35.5. The van der Waals surface area contributed by atoms with Gasteiger partial charge in [0.05, 0.1) is 0 Å². The molecule has 3 N–H and O–H groups in total. The first-order valence-electron chi connectivity index (χ1n) is 7.57. The molecule has 1 aliphatic carbocycles. The fraction of sp³-hybridized carbons (Fsp3) is 0.562. The van der Waals surface area contributed by atoms with Crippen molar-refractivity contribution in [1.29, 1.82) is 0 Å². The van der Waals surface area contributed by atoms with Crippen molar-refractivity contribution < 1.29 is 9.18 Å². The summed E-state index contributed by atoms with van der Waals surface area (Å²) >= 11 is 1.68. The lowest BCUT2D eigenvalue weighted by molar-refractivity contribution is -0.126. The standard InChI is InChI=1S/C16H23FN2OS.ClH/c17-13-5-7-15(8-6-13)21-10-2-9-19-16(20)12-3-1-4-14(18)11-12;/h5-8,12,14H,1-4,9-11,18H2,(H,19,20);1H. The van der Waals surface area contributed by atoms with E-state index in [0.29, 0.717) is 6.54 Å². The third kappa shape index (κ3) is 6.55. The van der Waals surface area contributed by atoms with Crippen LogP contribution in [0.4, 0.5) is 4.39 Å². The third-order valence-electron chi connectivity index (χ3n) is 3.79. The molecular weight excluding hydrogens is 323 g/mol. The molecule has 0 saturated heterocycles. The SMILES string of the molecule is Cl.NC1CCCC(C(=O)NCCCSc2ccc(F)cc2)C1. The number of rotatable bonds is 6. The van der Waals surface area contributed by atoms with Crippen LogP contribution in [0.25, 0.3) is 0 Å². The maximum Gasteiger partial charge on any atom is 0.223 e. The lowest BCUT2D eigenvalue weighted by atomic mass is 9.85. The topological polar surface area (TPSA) is 55.1 Å². The van der Waals surface area contributed by atoms with Crippen LogP contribution in [-0.2, 0) is 4.79 Å². The smallest absolute Gasteiger partial charge is 0.223 e. The molecule has 1 amide bonds. The van der Waals surface area contributed by atoms with Crippen molar-refractivity contribution in [2.75, 3.05) is 12.3 Å². The minimum Gasteiger partial charge on any atom is -0.356 e. The first kappa shape index (κ1) is 19.3. The maximum atomic E-state index is 12.8. The molecule has 1 saturated carbocycles. The van der Waals surface area contributed by atoms with Crippen molar-refractivity contribution in [2.24, 2.45) is 11.7 Å². The molecule has 22 heavy (non-hydrogen) atoms. The van der Waals surface area contributed by atoms with Gasteiger partial charge in [0.25, 0.3) is 0 Å². The normalized spacial score (nSPS) is 21.0. The quantitative estimate of drug-likeness (QED) is 0.613. The van der Waals surface area contributed by atoms with E-state index < -0.39 is 0 Å². The molecule has 0 bridgehead atoms. The van der Waals surface area contributed by atoms with Crippen LogP contribution in [0.2, 0.25) is 0 Å². The zero-order valence-corrected chi connectivity index (χ0v) is 14.2. The zero-order valence-electron chi connectivity index (χ0n) is 12.6. The molecule has 0 aromatic heterocycles. The van der Waals surface area contributed by atoms with Crippen molar-refractivity contribution in [2.45, 2.75) is 43.0 Å². The minimum atomic E-state index is -0.211. The van der Waals surface area contributed by atoms with E-state index in [1.54, 1.807) is 23.9 Å². The Hall–Kier alpha value is -0.780. The summed E-state index contributed by atoms with van der Waals surface area (Å²) in [7, 11) is 0. The number of hydrogen-bond donors (Lipinski definition) is 2. The van der Waals surface area contributed by atoms with Gasteiger partial charge in [0.1, 0.15) is 5.82 Å². The van der Waals surface area contributed by atoms with Gasteiger partial charge in [-0.2, -0.15) is 0 Å². The van der Waals surface area contributed by atoms with Crippen LogP contribution in [0.1, 0.15) is 32.1 Å². The van der Waals surface area contributed by atoms with Crippen LogP contribution >= 0.6 is 24.2 Å². The number of carbonyl (C=O) groups excluding carboxylic acids is 1. The highest BCUT2D eigenvalue weighted by Crippen LogP contribution is 2.23.